The molecule has 3 nitrogen and oxygen atoms in total. The molecule has 0 aliphatic carbocycles. The van der Waals surface area contributed by atoms with E-state index in [0.29, 0.717) is 6.42 Å². The van der Waals surface area contributed by atoms with Gasteiger partial charge in [-0.15, -0.1) is 0 Å². The Balaban J connectivity index is 2.65. The molecule has 0 saturated carbocycles. The highest BCUT2D eigenvalue weighted by atomic mass is 16.2. The highest BCUT2D eigenvalue weighted by molar-refractivity contribution is 6.29. The van der Waals surface area contributed by atoms with Crippen LogP contribution in [-0.4, -0.2) is 32.7 Å². The number of hydrogen-bond donors (Lipinski definition) is 1. The molecule has 0 spiro atoms. The first-order valence-electron chi connectivity index (χ1n) is 2.72. The molecule has 0 aromatic heterocycles. The van der Waals surface area contributed by atoms with Crippen LogP contribution in [0.15, 0.2) is 0 Å². The van der Waals surface area contributed by atoms with Gasteiger partial charge >= 0.3 is 0 Å². The van der Waals surface area contributed by atoms with Gasteiger partial charge in [0.1, 0.15) is 0 Å². The standard InChI is InChI=1S/C4H6B2N2O/c5-2-1-3(7)8(6)4(2)9/h2-3H,1,7H2. The van der Waals surface area contributed by atoms with Crippen molar-refractivity contribution in [3.05, 3.63) is 0 Å². The molecule has 9 heavy (non-hydrogen) atoms. The molecule has 1 heterocycles. The molecule has 2 atom stereocenters. The predicted molar refractivity (Wildman–Crippen MR) is 34.7 cm³/mol. The van der Waals surface area contributed by atoms with Crippen molar-refractivity contribution in [2.24, 2.45) is 5.73 Å². The van der Waals surface area contributed by atoms with E-state index in [1.54, 1.807) is 0 Å². The third-order valence-corrected chi connectivity index (χ3v) is 1.42. The van der Waals surface area contributed by atoms with Crippen LogP contribution >= 0.6 is 0 Å². The number of carbonyl (C=O) groups excluding carboxylic acids is 1. The van der Waals surface area contributed by atoms with E-state index >= 15 is 0 Å². The summed E-state index contributed by atoms with van der Waals surface area (Å²) < 4.78 is 0. The van der Waals surface area contributed by atoms with E-state index in [9.17, 15) is 4.79 Å². The third-order valence-electron chi connectivity index (χ3n) is 1.42. The Morgan fingerprint density at radius 1 is 1.78 bits per heavy atom. The molecule has 1 fully saturated rings. The van der Waals surface area contributed by atoms with Crippen LogP contribution in [0.4, 0.5) is 0 Å². The van der Waals surface area contributed by atoms with Crippen LogP contribution in [0.3, 0.4) is 0 Å². The van der Waals surface area contributed by atoms with Crippen molar-refractivity contribution in [2.75, 3.05) is 0 Å². The summed E-state index contributed by atoms with van der Waals surface area (Å²) in [5, 5.41) is 0. The third kappa shape index (κ3) is 0.965. The maximum absolute atomic E-state index is 10.7. The Morgan fingerprint density at radius 3 is 2.44 bits per heavy atom. The summed E-state index contributed by atoms with van der Waals surface area (Å²) in [6.07, 6.45) is 0.0579. The van der Waals surface area contributed by atoms with E-state index in [-0.39, 0.29) is 5.91 Å². The topological polar surface area (TPSA) is 46.3 Å². The molecule has 0 bridgehead atoms. The van der Waals surface area contributed by atoms with Crippen molar-refractivity contribution in [1.29, 1.82) is 0 Å². The van der Waals surface area contributed by atoms with Gasteiger partial charge in [-0.1, -0.05) is 0 Å². The van der Waals surface area contributed by atoms with Crippen LogP contribution in [-0.2, 0) is 4.79 Å². The van der Waals surface area contributed by atoms with Crippen LogP contribution in [0.2, 0.25) is 5.82 Å². The monoisotopic (exact) mass is 120 g/mol. The van der Waals surface area contributed by atoms with Gasteiger partial charge in [0.2, 0.25) is 13.9 Å². The number of amides is 1. The molecular formula is C4H6B2N2O. The fourth-order valence-electron chi connectivity index (χ4n) is 0.829. The minimum atomic E-state index is -0.495. The van der Waals surface area contributed by atoms with E-state index in [1.165, 1.54) is 0 Å². The lowest BCUT2D eigenvalue weighted by molar-refractivity contribution is -0.124. The van der Waals surface area contributed by atoms with Gasteiger partial charge in [0.15, 0.2) is 0 Å². The second kappa shape index (κ2) is 2.06. The fourth-order valence-corrected chi connectivity index (χ4v) is 0.829. The van der Waals surface area contributed by atoms with Crippen LogP contribution in [0.5, 0.6) is 0 Å². The second-order valence-electron chi connectivity index (χ2n) is 2.16. The lowest BCUT2D eigenvalue weighted by Crippen LogP contribution is -2.36. The summed E-state index contributed by atoms with van der Waals surface area (Å²) in [5.41, 5.74) is 5.36. The molecule has 1 rings (SSSR count). The van der Waals surface area contributed by atoms with Gasteiger partial charge in [-0.25, -0.2) is 0 Å². The Kier molecular flexibility index (Phi) is 1.53. The SMILES string of the molecule is [B]C1CC(N)N([B])C1=O. The van der Waals surface area contributed by atoms with E-state index in [4.69, 9.17) is 21.6 Å². The molecule has 1 saturated heterocycles. The highest BCUT2D eigenvalue weighted by Crippen LogP contribution is 2.20. The van der Waals surface area contributed by atoms with Crippen molar-refractivity contribution in [3.8, 4) is 0 Å². The largest absolute Gasteiger partial charge is 0.383 e. The first-order chi connectivity index (χ1) is 4.13. The molecule has 1 aliphatic rings. The Morgan fingerprint density at radius 2 is 2.33 bits per heavy atom. The van der Waals surface area contributed by atoms with Crippen LogP contribution in [0, 0.1) is 0 Å². The van der Waals surface area contributed by atoms with Gasteiger partial charge in [-0.2, -0.15) is 0 Å². The highest BCUT2D eigenvalue weighted by Gasteiger charge is 2.29. The first kappa shape index (κ1) is 6.68. The molecule has 44 valence electrons. The van der Waals surface area contributed by atoms with Crippen LogP contribution in [0.25, 0.3) is 0 Å². The molecule has 5 heteroatoms. The zero-order valence-corrected chi connectivity index (χ0v) is 4.95. The van der Waals surface area contributed by atoms with E-state index in [0.717, 1.165) is 4.81 Å². The van der Waals surface area contributed by atoms with Crippen molar-refractivity contribution in [1.82, 2.24) is 4.81 Å². The number of nitrogens with zero attached hydrogens (tertiary/aromatic N) is 1. The van der Waals surface area contributed by atoms with Crippen LogP contribution in [0.1, 0.15) is 6.42 Å². The van der Waals surface area contributed by atoms with Gasteiger partial charge in [-0.05, 0) is 6.42 Å². The van der Waals surface area contributed by atoms with E-state index in [1.807, 2.05) is 0 Å². The summed E-state index contributed by atoms with van der Waals surface area (Å²) in [5.74, 6) is -0.771. The lowest BCUT2D eigenvalue weighted by atomic mass is 9.86. The molecule has 2 N–H and O–H groups in total. The molecule has 1 aliphatic heterocycles. The van der Waals surface area contributed by atoms with Crippen molar-refractivity contribution in [2.45, 2.75) is 18.4 Å². The average molecular weight is 120 g/mol. The van der Waals surface area contributed by atoms with E-state index in [2.05, 4.69) is 0 Å². The smallest absolute Gasteiger partial charge is 0.232 e. The molecular weight excluding hydrogens is 114 g/mol. The van der Waals surface area contributed by atoms with Crippen molar-refractivity contribution < 1.29 is 4.79 Å². The Hall–Kier alpha value is -0.440. The molecule has 0 aromatic rings. The summed E-state index contributed by atoms with van der Waals surface area (Å²) in [6, 6.07) is 0. The fraction of sp³-hybridized carbons (Fsp3) is 0.750. The zero-order chi connectivity index (χ0) is 7.02. The normalized spacial score (nSPS) is 35.7. The van der Waals surface area contributed by atoms with Gasteiger partial charge in [0, 0.05) is 5.82 Å². The summed E-state index contributed by atoms with van der Waals surface area (Å²) in [6.45, 7) is 0. The lowest BCUT2D eigenvalue weighted by Gasteiger charge is -2.14. The quantitative estimate of drug-likeness (QED) is 0.397. The van der Waals surface area contributed by atoms with Gasteiger partial charge < -0.3 is 10.5 Å². The summed E-state index contributed by atoms with van der Waals surface area (Å²) in [7, 11) is 10.5. The molecule has 0 aromatic carbocycles. The van der Waals surface area contributed by atoms with Gasteiger partial charge in [-0.3, -0.25) is 4.79 Å². The maximum atomic E-state index is 10.7. The summed E-state index contributed by atoms with van der Waals surface area (Å²) in [4.78, 5) is 11.7. The maximum Gasteiger partial charge on any atom is 0.232 e. The minimum Gasteiger partial charge on any atom is -0.383 e. The number of hydrogen-bond acceptors (Lipinski definition) is 2. The van der Waals surface area contributed by atoms with Gasteiger partial charge in [0.25, 0.3) is 0 Å². The van der Waals surface area contributed by atoms with E-state index < -0.39 is 12.0 Å². The first-order valence-corrected chi connectivity index (χ1v) is 2.72. The zero-order valence-electron chi connectivity index (χ0n) is 4.95. The van der Waals surface area contributed by atoms with Crippen molar-refractivity contribution >= 4 is 21.7 Å². The van der Waals surface area contributed by atoms with Crippen molar-refractivity contribution in [3.63, 3.8) is 0 Å². The molecule has 4 radical (unpaired) electrons. The van der Waals surface area contributed by atoms with Crippen LogP contribution < -0.4 is 5.73 Å². The average Bonchev–Trinajstić information content (AvgIpc) is 1.98. The molecule has 2 unspecified atom stereocenters. The number of nitrogens with two attached hydrogens (primary N) is 1. The number of rotatable bonds is 0. The predicted octanol–water partition coefficient (Wildman–Crippen LogP) is -1.46. The summed E-state index contributed by atoms with van der Waals surface area (Å²) >= 11 is 0. The Bertz CT molecular complexity index is 141. The Labute approximate surface area is 56.4 Å². The molecule has 1 amide bonds. The number of carbonyl (C=O) groups is 1. The van der Waals surface area contributed by atoms with Gasteiger partial charge in [0.05, 0.1) is 14.0 Å². The second-order valence-corrected chi connectivity index (χ2v) is 2.16. The minimum absolute atomic E-state index is 0.275.